The lowest BCUT2D eigenvalue weighted by molar-refractivity contribution is -0.282. The maximum Gasteiger partial charge on any atom is 0.423 e. The predicted molar refractivity (Wildman–Crippen MR) is 121 cm³/mol. The van der Waals surface area contributed by atoms with Crippen LogP contribution in [0.15, 0.2) is 54.6 Å². The first-order valence-corrected chi connectivity index (χ1v) is 10.8. The van der Waals surface area contributed by atoms with Gasteiger partial charge in [-0.2, -0.15) is 18.7 Å². The molecule has 1 aliphatic rings. The number of amides is 2. The van der Waals surface area contributed by atoms with Crippen molar-refractivity contribution in [3.63, 3.8) is 0 Å². The summed E-state index contributed by atoms with van der Waals surface area (Å²) in [7, 11) is 0. The second-order valence-corrected chi connectivity index (χ2v) is 8.73. The molecule has 0 saturated carbocycles. The van der Waals surface area contributed by atoms with E-state index in [0.717, 1.165) is 0 Å². The lowest BCUT2D eigenvalue weighted by atomic mass is 9.84. The number of rotatable bonds is 5. The molecule has 1 aliphatic heterocycles. The highest BCUT2D eigenvalue weighted by Crippen LogP contribution is 2.52. The third-order valence-corrected chi connectivity index (χ3v) is 6.09. The molecule has 6 nitrogen and oxygen atoms in total. The van der Waals surface area contributed by atoms with Crippen LogP contribution in [0.25, 0.3) is 10.8 Å². The molecule has 1 saturated heterocycles. The molecule has 178 valence electrons. The maximum absolute atomic E-state index is 14.3. The van der Waals surface area contributed by atoms with E-state index < -0.39 is 36.1 Å². The minimum atomic E-state index is -4.78. The Morgan fingerprint density at radius 2 is 1.74 bits per heavy atom. The monoisotopic (exact) mass is 511 g/mol. The molecule has 4 N–H and O–H groups in total. The van der Waals surface area contributed by atoms with Crippen LogP contribution in [0.4, 0.5) is 13.2 Å². The first-order chi connectivity index (χ1) is 16.0. The topological polar surface area (TPSA) is 93.5 Å². The van der Waals surface area contributed by atoms with E-state index in [1.165, 1.54) is 24.3 Å². The molecule has 11 heteroatoms. The Hall–Kier alpha value is -2.85. The second-order valence-electron chi connectivity index (χ2n) is 7.86. The Labute approximate surface area is 202 Å². The number of primary amides is 1. The summed E-state index contributed by atoms with van der Waals surface area (Å²) in [5.74, 6) is -1.23. The van der Waals surface area contributed by atoms with Crippen molar-refractivity contribution in [1.29, 1.82) is 0 Å². The molecular formula is C23H18Cl2F3N3O3. The van der Waals surface area contributed by atoms with Crippen LogP contribution in [0.5, 0.6) is 0 Å². The van der Waals surface area contributed by atoms with E-state index >= 15 is 0 Å². The van der Waals surface area contributed by atoms with Gasteiger partial charge in [0.2, 0.25) is 11.5 Å². The van der Waals surface area contributed by atoms with Crippen molar-refractivity contribution in [2.24, 2.45) is 5.73 Å². The van der Waals surface area contributed by atoms with Gasteiger partial charge in [-0.25, -0.2) is 0 Å². The summed E-state index contributed by atoms with van der Waals surface area (Å²) in [4.78, 5) is 28.8. The number of fused-ring (bicyclic) bond motifs is 1. The summed E-state index contributed by atoms with van der Waals surface area (Å²) in [6.45, 7) is -0.344. The van der Waals surface area contributed by atoms with Gasteiger partial charge in [0.15, 0.2) is 0 Å². The van der Waals surface area contributed by atoms with E-state index in [1.54, 1.807) is 30.3 Å². The average molecular weight is 512 g/mol. The van der Waals surface area contributed by atoms with Gasteiger partial charge >= 0.3 is 6.18 Å². The molecule has 2 amide bonds. The summed E-state index contributed by atoms with van der Waals surface area (Å²) in [5, 5.41) is 3.57. The van der Waals surface area contributed by atoms with E-state index in [1.807, 2.05) is 0 Å². The number of nitrogens with one attached hydrogen (secondary N) is 2. The Kier molecular flexibility index (Phi) is 6.48. The highest BCUT2D eigenvalue weighted by Gasteiger charge is 2.62. The van der Waals surface area contributed by atoms with Gasteiger partial charge in [-0.3, -0.25) is 14.4 Å². The van der Waals surface area contributed by atoms with E-state index in [2.05, 4.69) is 10.8 Å². The van der Waals surface area contributed by atoms with Crippen LogP contribution in [-0.2, 0) is 15.2 Å². The van der Waals surface area contributed by atoms with E-state index in [9.17, 15) is 22.8 Å². The summed E-state index contributed by atoms with van der Waals surface area (Å²) in [5.41, 5.74) is 5.44. The Bertz CT molecular complexity index is 1270. The second kappa shape index (κ2) is 9.07. The van der Waals surface area contributed by atoms with Crippen LogP contribution in [-0.4, -0.2) is 24.5 Å². The fourth-order valence-electron chi connectivity index (χ4n) is 4.10. The Morgan fingerprint density at radius 3 is 2.35 bits per heavy atom. The first-order valence-electron chi connectivity index (χ1n) is 10.1. The molecular weight excluding hydrogens is 494 g/mol. The van der Waals surface area contributed by atoms with Crippen LogP contribution in [0.1, 0.15) is 33.9 Å². The van der Waals surface area contributed by atoms with E-state index in [4.69, 9.17) is 33.8 Å². The van der Waals surface area contributed by atoms with Gasteiger partial charge in [-0.05, 0) is 46.2 Å². The zero-order valence-corrected chi connectivity index (χ0v) is 18.9. The minimum Gasteiger partial charge on any atom is -0.368 e. The summed E-state index contributed by atoms with van der Waals surface area (Å²) in [6, 6.07) is 12.6. The smallest absolute Gasteiger partial charge is 0.368 e. The van der Waals surface area contributed by atoms with E-state index in [0.29, 0.717) is 16.3 Å². The highest BCUT2D eigenvalue weighted by molar-refractivity contribution is 6.34. The molecule has 2 atom stereocenters. The molecule has 34 heavy (non-hydrogen) atoms. The number of hydroxylamine groups is 1. The lowest BCUT2D eigenvalue weighted by Crippen LogP contribution is -2.42. The van der Waals surface area contributed by atoms with Crippen LogP contribution in [0.2, 0.25) is 10.0 Å². The molecule has 0 bridgehead atoms. The number of benzene rings is 3. The third kappa shape index (κ3) is 4.44. The van der Waals surface area contributed by atoms with Crippen molar-refractivity contribution in [3.05, 3.63) is 81.3 Å². The van der Waals surface area contributed by atoms with Crippen molar-refractivity contribution in [2.75, 3.05) is 6.54 Å². The number of carbonyl (C=O) groups excluding carboxylic acids is 2. The number of hydrogen-bond donors (Lipinski definition) is 3. The van der Waals surface area contributed by atoms with Crippen molar-refractivity contribution >= 4 is 45.8 Å². The molecule has 0 radical (unpaired) electrons. The molecule has 2 unspecified atom stereocenters. The SMILES string of the molecule is NC(=O)CNC(=O)c1ccc(C2CC(c3cc(Cl)cc(Cl)c3)(C(F)(F)F)ON2)c2ccccc12. The molecule has 0 aromatic heterocycles. The molecule has 0 aliphatic carbocycles. The van der Waals surface area contributed by atoms with Gasteiger partial charge in [0.1, 0.15) is 0 Å². The van der Waals surface area contributed by atoms with Crippen molar-refractivity contribution < 1.29 is 27.6 Å². The molecule has 0 spiro atoms. The number of carbonyl (C=O) groups is 2. The Balaban J connectivity index is 1.75. The van der Waals surface area contributed by atoms with Crippen molar-refractivity contribution in [2.45, 2.75) is 24.2 Å². The largest absolute Gasteiger partial charge is 0.423 e. The number of alkyl halides is 3. The lowest BCUT2D eigenvalue weighted by Gasteiger charge is -2.30. The van der Waals surface area contributed by atoms with Crippen molar-refractivity contribution in [3.8, 4) is 0 Å². The van der Waals surface area contributed by atoms with E-state index in [-0.39, 0.29) is 27.7 Å². The molecule has 3 aromatic carbocycles. The number of nitrogens with two attached hydrogens (primary N) is 1. The summed E-state index contributed by atoms with van der Waals surface area (Å²) in [6.07, 6.45) is -5.28. The Morgan fingerprint density at radius 1 is 1.09 bits per heavy atom. The fourth-order valence-corrected chi connectivity index (χ4v) is 4.63. The summed E-state index contributed by atoms with van der Waals surface area (Å²) < 4.78 is 43.0. The van der Waals surface area contributed by atoms with Gasteiger partial charge in [0, 0.05) is 22.0 Å². The standard InChI is InChI=1S/C23H18Cl2F3N3O3/c24-13-7-12(8-14(25)9-13)22(23(26,27)28)10-19(31-34-22)17-5-6-18(21(33)30-11-20(29)32)16-4-2-1-3-15(16)17/h1-9,19,31H,10-11H2,(H2,29,32)(H,30,33). The van der Waals surface area contributed by atoms with Gasteiger partial charge in [0.05, 0.1) is 12.6 Å². The van der Waals surface area contributed by atoms with Crippen molar-refractivity contribution in [1.82, 2.24) is 10.8 Å². The van der Waals surface area contributed by atoms with Gasteiger partial charge in [-0.15, -0.1) is 0 Å². The average Bonchev–Trinajstić information content (AvgIpc) is 3.23. The fraction of sp³-hybridized carbons (Fsp3) is 0.217. The zero-order chi connectivity index (χ0) is 24.7. The van der Waals surface area contributed by atoms with Crippen LogP contribution in [0.3, 0.4) is 0 Å². The van der Waals surface area contributed by atoms with Gasteiger partial charge in [0.25, 0.3) is 5.91 Å². The molecule has 3 aromatic rings. The number of halogens is 5. The highest BCUT2D eigenvalue weighted by atomic mass is 35.5. The van der Waals surface area contributed by atoms with Gasteiger partial charge in [-0.1, -0.05) is 53.5 Å². The third-order valence-electron chi connectivity index (χ3n) is 5.65. The number of hydrogen-bond acceptors (Lipinski definition) is 4. The van der Waals surface area contributed by atoms with Gasteiger partial charge < -0.3 is 11.1 Å². The zero-order valence-electron chi connectivity index (χ0n) is 17.4. The van der Waals surface area contributed by atoms with Crippen LogP contribution >= 0.6 is 23.2 Å². The molecule has 1 fully saturated rings. The minimum absolute atomic E-state index is 0.0509. The van der Waals surface area contributed by atoms with Crippen LogP contribution < -0.4 is 16.5 Å². The first kappa shape index (κ1) is 24.3. The molecule has 4 rings (SSSR count). The van der Waals surface area contributed by atoms with Crippen LogP contribution in [0, 0.1) is 0 Å². The predicted octanol–water partition coefficient (Wildman–Crippen LogP) is 4.79. The summed E-state index contributed by atoms with van der Waals surface area (Å²) >= 11 is 11.9. The maximum atomic E-state index is 14.3. The normalized spacial score (nSPS) is 20.4. The molecule has 1 heterocycles. The quantitative estimate of drug-likeness (QED) is 0.459.